The van der Waals surface area contributed by atoms with E-state index in [9.17, 15) is 0 Å². The molecule has 7 aromatic carbocycles. The topological polar surface area (TPSA) is 127 Å². The Labute approximate surface area is 632 Å². The average Bonchev–Trinajstić information content (AvgIpc) is 1.55. The van der Waals surface area contributed by atoms with Gasteiger partial charge < -0.3 is 18.6 Å². The smallest absolute Gasteiger partial charge is 0.399 e. The molecule has 0 amide bonds. The molecule has 0 unspecified atom stereocenters. The molecule has 0 radical (unpaired) electrons. The Morgan fingerprint density at radius 3 is 0.720 bits per heavy atom. The van der Waals surface area contributed by atoms with E-state index in [-0.39, 0.29) is 0 Å². The Kier molecular flexibility index (Phi) is 16.7. The van der Waals surface area contributed by atoms with Gasteiger partial charge in [0.2, 0.25) is 0 Å². The van der Waals surface area contributed by atoms with Crippen molar-refractivity contribution >= 4 is 63.4 Å². The van der Waals surface area contributed by atoms with E-state index >= 15 is 0 Å². The highest BCUT2D eigenvalue weighted by atomic mass is 79.9. The van der Waals surface area contributed by atoms with Gasteiger partial charge in [0.1, 0.15) is 0 Å². The van der Waals surface area contributed by atoms with E-state index in [0.717, 1.165) is 59.9 Å². The van der Waals surface area contributed by atoms with E-state index in [4.69, 9.17) is 18.6 Å². The Bertz CT molecular complexity index is 5560. The molecule has 11 nitrogen and oxygen atoms in total. The molecule has 2 saturated heterocycles. The van der Waals surface area contributed by atoms with Crippen LogP contribution in [0.15, 0.2) is 297 Å². The Balaban J connectivity index is 0.000000130. The molecule has 0 saturated carbocycles. The molecular weight excluding hydrogens is 1380 g/mol. The van der Waals surface area contributed by atoms with Gasteiger partial charge in [-0.3, -0.25) is 34.9 Å². The molecule has 9 heterocycles. The van der Waals surface area contributed by atoms with E-state index in [2.05, 4.69) is 264 Å². The third kappa shape index (κ3) is 11.9. The van der Waals surface area contributed by atoms with Gasteiger partial charge in [-0.25, -0.2) is 0 Å². The van der Waals surface area contributed by atoms with Crippen LogP contribution in [0.2, 0.25) is 0 Å². The van der Waals surface area contributed by atoms with Crippen molar-refractivity contribution in [1.29, 1.82) is 0 Å². The molecular formula is C93H72B2BrN7O4. The summed E-state index contributed by atoms with van der Waals surface area (Å²) >= 11 is 3.41. The number of fused-ring (bicyclic) bond motifs is 12. The second kappa shape index (κ2) is 26.5. The summed E-state index contributed by atoms with van der Waals surface area (Å²) in [5.74, 6) is 0. The van der Waals surface area contributed by atoms with Crippen LogP contribution in [0.5, 0.6) is 0 Å². The van der Waals surface area contributed by atoms with Crippen LogP contribution in [0.25, 0.3) is 122 Å². The van der Waals surface area contributed by atoms with Crippen LogP contribution in [0.3, 0.4) is 0 Å². The van der Waals surface area contributed by atoms with Crippen LogP contribution < -0.4 is 10.9 Å². The minimum absolute atomic E-state index is 0.426. The number of halogens is 1. The molecule has 7 aromatic heterocycles. The molecule has 0 N–H and O–H groups in total. The molecule has 6 aliphatic rings. The van der Waals surface area contributed by atoms with Crippen molar-refractivity contribution in [3.63, 3.8) is 0 Å². The van der Waals surface area contributed by atoms with Crippen LogP contribution in [0.1, 0.15) is 99.9 Å². The molecule has 20 rings (SSSR count). The van der Waals surface area contributed by atoms with E-state index in [1.165, 1.54) is 122 Å². The van der Waals surface area contributed by atoms with Crippen molar-refractivity contribution in [3.05, 3.63) is 342 Å². The van der Waals surface area contributed by atoms with Gasteiger partial charge in [-0.15, -0.1) is 0 Å². The lowest BCUT2D eigenvalue weighted by molar-refractivity contribution is 0.00578. The summed E-state index contributed by atoms with van der Waals surface area (Å²) in [5, 5.41) is 0. The number of hydrogen-bond donors (Lipinski definition) is 0. The number of nitrogens with zero attached hydrogens (tertiary/aromatic N) is 7. The lowest BCUT2D eigenvalue weighted by Crippen LogP contribution is -2.41. The molecule has 2 aliphatic heterocycles. The number of benzene rings is 7. The summed E-state index contributed by atoms with van der Waals surface area (Å²) in [6, 6.07) is 73.8. The van der Waals surface area contributed by atoms with Gasteiger partial charge >= 0.3 is 14.2 Å². The first-order valence-electron chi connectivity index (χ1n) is 36.2. The molecule has 2 fully saturated rings. The second-order valence-corrected chi connectivity index (χ2v) is 30.8. The fourth-order valence-electron chi connectivity index (χ4n) is 15.5. The Hall–Kier alpha value is -11.5. The number of hydrogen-bond acceptors (Lipinski definition) is 11. The summed E-state index contributed by atoms with van der Waals surface area (Å²) in [7, 11) is -0.913. The number of aromatic nitrogens is 7. The molecule has 0 bridgehead atoms. The third-order valence-electron chi connectivity index (χ3n) is 22.6. The molecule has 4 aliphatic carbocycles. The zero-order valence-electron chi connectivity index (χ0n) is 60.5. The summed E-state index contributed by atoms with van der Waals surface area (Å²) in [4.78, 5) is 30.2. The van der Waals surface area contributed by atoms with Crippen molar-refractivity contribution in [2.24, 2.45) is 0 Å². The first-order valence-corrected chi connectivity index (χ1v) is 37.0. The predicted molar refractivity (Wildman–Crippen MR) is 435 cm³/mol. The van der Waals surface area contributed by atoms with Gasteiger partial charge in [0.15, 0.2) is 0 Å². The molecule has 0 atom stereocenters. The van der Waals surface area contributed by atoms with Crippen LogP contribution in [-0.4, -0.2) is 71.5 Å². The van der Waals surface area contributed by atoms with E-state index in [1.54, 1.807) is 12.4 Å². The van der Waals surface area contributed by atoms with Crippen LogP contribution in [0.4, 0.5) is 0 Å². The van der Waals surface area contributed by atoms with Crippen molar-refractivity contribution < 1.29 is 18.6 Å². The minimum Gasteiger partial charge on any atom is -0.399 e. The van der Waals surface area contributed by atoms with Crippen molar-refractivity contribution in [1.82, 2.24) is 34.9 Å². The van der Waals surface area contributed by atoms with Crippen LogP contribution in [0, 0.1) is 0 Å². The molecule has 516 valence electrons. The monoisotopic (exact) mass is 1450 g/mol. The summed E-state index contributed by atoms with van der Waals surface area (Å²) in [5.41, 5.74) is 35.8. The van der Waals surface area contributed by atoms with Gasteiger partial charge in [0.25, 0.3) is 0 Å². The van der Waals surface area contributed by atoms with Crippen molar-refractivity contribution in [3.8, 4) is 100 Å². The molecule has 14 heteroatoms. The molecule has 107 heavy (non-hydrogen) atoms. The largest absolute Gasteiger partial charge is 0.494 e. The quantitative estimate of drug-likeness (QED) is 0.142. The van der Waals surface area contributed by atoms with Gasteiger partial charge in [-0.1, -0.05) is 137 Å². The fourth-order valence-corrected chi connectivity index (χ4v) is 15.8. The molecule has 14 aromatic rings. The normalized spacial score (nSPS) is 15.7. The summed E-state index contributed by atoms with van der Waals surface area (Å²) < 4.78 is 27.0. The highest BCUT2D eigenvalue weighted by Gasteiger charge is 2.53. The first kappa shape index (κ1) is 67.4. The fraction of sp³-hybridized carbons (Fsp3) is 0.129. The zero-order chi connectivity index (χ0) is 72.9. The van der Waals surface area contributed by atoms with Crippen LogP contribution in [-0.2, 0) is 18.6 Å². The van der Waals surface area contributed by atoms with Crippen molar-refractivity contribution in [2.45, 2.75) is 77.8 Å². The van der Waals surface area contributed by atoms with Crippen molar-refractivity contribution in [2.75, 3.05) is 0 Å². The minimum atomic E-state index is -0.457. The Morgan fingerprint density at radius 1 is 0.215 bits per heavy atom. The standard InChI is InChI=1S/C46H28N4.C36H36B2N2O4.C11H8BrN/c1-5-31(6-2-29(1)33-13-19-47-20-14-33)35-9-11-37-41(25-35)42-26-36(32-7-3-30(4-8-32)34-15-21-48-22-16-34)10-12-38(42)45(37)46-39-17-23-49-27-43(39)44-28-50-24-18-40(44)46;1-33(2)34(3,4)42-37(41-33)21-9-11-23-27(17-21)28-18-22(38-43-35(5,6)36(7,8)44-38)10-12-24(28)31(23)32-25-13-15-39-19-29(25)30-20-40-16-14-26(30)32;12-11-3-1-9(2-4-11)10-5-7-13-8-6-10/h1-28H;9-20H,1-8H3;1-8H. The van der Waals surface area contributed by atoms with E-state index < -0.39 is 36.6 Å². The Morgan fingerprint density at radius 2 is 0.430 bits per heavy atom. The zero-order valence-corrected chi connectivity index (χ0v) is 62.1. The van der Waals surface area contributed by atoms with Gasteiger partial charge in [-0.2, -0.15) is 0 Å². The average molecular weight is 1450 g/mol. The second-order valence-electron chi connectivity index (χ2n) is 29.9. The SMILES string of the molecule is Brc1ccc(-c2ccncc2)cc1.CC1(C)OB(c2ccc3c(c2)-c2cc(B4OC(C)(C)C(C)(C)O4)ccc2C3=C2c3ccncc3-c3cnccc32)OC1(C)C.c1cc(-c2ccc(-c3ccc4c(c3)-c3cc(-c5ccc(-c6ccncc6)cc5)ccc3C4=C3c4ccncc4-c4cnccc43)cc2)ccn1. The maximum Gasteiger partial charge on any atom is 0.494 e. The predicted octanol–water partition coefficient (Wildman–Crippen LogP) is 20.5. The highest BCUT2D eigenvalue weighted by molar-refractivity contribution is 9.10. The third-order valence-corrected chi connectivity index (χ3v) is 23.1. The van der Waals surface area contributed by atoms with Crippen LogP contribution >= 0.6 is 15.9 Å². The number of rotatable bonds is 7. The maximum absolute atomic E-state index is 6.48. The first-order chi connectivity index (χ1) is 51.9. The number of pyridine rings is 7. The van der Waals surface area contributed by atoms with Gasteiger partial charge in [0.05, 0.1) is 22.4 Å². The highest BCUT2D eigenvalue weighted by Crippen LogP contribution is 2.57. The lowest BCUT2D eigenvalue weighted by atomic mass is 9.76. The van der Waals surface area contributed by atoms with E-state index in [1.807, 2.05) is 123 Å². The maximum atomic E-state index is 6.48. The van der Waals surface area contributed by atoms with E-state index in [0.29, 0.717) is 0 Å². The summed E-state index contributed by atoms with van der Waals surface area (Å²) in [6.45, 7) is 16.7. The summed E-state index contributed by atoms with van der Waals surface area (Å²) in [6.07, 6.45) is 26.3. The lowest BCUT2D eigenvalue weighted by Gasteiger charge is -2.32. The van der Waals surface area contributed by atoms with Gasteiger partial charge in [0, 0.05) is 113 Å². The van der Waals surface area contributed by atoms with Gasteiger partial charge in [-0.05, 0) is 296 Å². The molecule has 0 spiro atoms.